The number of hydrogen-bond acceptors (Lipinski definition) is 3. The molecule has 1 aromatic carbocycles. The number of benzene rings is 1. The van der Waals surface area contributed by atoms with Crippen LogP contribution in [0.3, 0.4) is 0 Å². The molecule has 3 rings (SSSR count). The Balaban J connectivity index is 2.07. The van der Waals surface area contributed by atoms with Gasteiger partial charge in [0.1, 0.15) is 0 Å². The highest BCUT2D eigenvalue weighted by Crippen LogP contribution is 2.35. The second kappa shape index (κ2) is 5.55. The van der Waals surface area contributed by atoms with Gasteiger partial charge in [0.05, 0.1) is 0 Å². The van der Waals surface area contributed by atoms with E-state index in [1.165, 1.54) is 36.8 Å². The Kier molecular flexibility index (Phi) is 3.75. The molecule has 21 heavy (non-hydrogen) atoms. The molecular weight excluding hydrogens is 258 g/mol. The highest BCUT2D eigenvalue weighted by Gasteiger charge is 2.26. The van der Waals surface area contributed by atoms with Crippen LogP contribution in [-0.2, 0) is 0 Å². The molecular formula is C18H25N3. The Morgan fingerprint density at radius 3 is 2.71 bits per heavy atom. The highest BCUT2D eigenvalue weighted by atomic mass is 15.1. The van der Waals surface area contributed by atoms with Crippen LogP contribution in [0.4, 0.5) is 11.4 Å². The second-order valence-corrected chi connectivity index (χ2v) is 6.49. The number of aromatic nitrogens is 1. The monoisotopic (exact) mass is 283 g/mol. The van der Waals surface area contributed by atoms with E-state index >= 15 is 0 Å². The minimum Gasteiger partial charge on any atom is -0.398 e. The lowest BCUT2D eigenvalue weighted by Gasteiger charge is -2.38. The van der Waals surface area contributed by atoms with Crippen molar-refractivity contribution in [1.29, 1.82) is 0 Å². The normalized spacial score (nSPS) is 22.4. The zero-order valence-corrected chi connectivity index (χ0v) is 13.3. The maximum absolute atomic E-state index is 6.12. The molecule has 2 unspecified atom stereocenters. The topological polar surface area (TPSA) is 42.1 Å². The Morgan fingerprint density at radius 1 is 1.19 bits per heavy atom. The zero-order valence-electron chi connectivity index (χ0n) is 13.3. The number of aryl methyl sites for hydroxylation is 1. The van der Waals surface area contributed by atoms with E-state index in [1.807, 2.05) is 19.2 Å². The molecule has 2 atom stereocenters. The van der Waals surface area contributed by atoms with Crippen LogP contribution in [0.25, 0.3) is 10.8 Å². The molecule has 3 nitrogen and oxygen atoms in total. The number of nitrogens with zero attached hydrogens (tertiary/aromatic N) is 2. The maximum atomic E-state index is 6.12. The van der Waals surface area contributed by atoms with E-state index in [4.69, 9.17) is 5.73 Å². The van der Waals surface area contributed by atoms with Gasteiger partial charge in [0.15, 0.2) is 0 Å². The van der Waals surface area contributed by atoms with Crippen LogP contribution >= 0.6 is 0 Å². The van der Waals surface area contributed by atoms with E-state index < -0.39 is 0 Å². The molecule has 2 N–H and O–H groups in total. The van der Waals surface area contributed by atoms with Crippen LogP contribution in [0.2, 0.25) is 0 Å². The third kappa shape index (κ3) is 2.57. The largest absolute Gasteiger partial charge is 0.398 e. The summed E-state index contributed by atoms with van der Waals surface area (Å²) in [7, 11) is 2.23. The average molecular weight is 283 g/mol. The van der Waals surface area contributed by atoms with Crippen molar-refractivity contribution in [2.24, 2.45) is 5.92 Å². The summed E-state index contributed by atoms with van der Waals surface area (Å²) in [4.78, 5) is 6.86. The summed E-state index contributed by atoms with van der Waals surface area (Å²) >= 11 is 0. The average Bonchev–Trinajstić information content (AvgIpc) is 2.47. The van der Waals surface area contributed by atoms with Gasteiger partial charge in [0.2, 0.25) is 0 Å². The summed E-state index contributed by atoms with van der Waals surface area (Å²) in [5, 5.41) is 2.29. The van der Waals surface area contributed by atoms with Crippen LogP contribution in [0.5, 0.6) is 0 Å². The third-order valence-corrected chi connectivity index (χ3v) is 4.99. The second-order valence-electron chi connectivity index (χ2n) is 6.49. The minimum absolute atomic E-state index is 0.624. The molecule has 0 spiro atoms. The third-order valence-electron chi connectivity index (χ3n) is 4.99. The maximum Gasteiger partial charge on any atom is 0.0448 e. The van der Waals surface area contributed by atoms with Gasteiger partial charge in [-0.05, 0) is 43.9 Å². The fraction of sp³-hybridized carbons (Fsp3) is 0.500. The van der Waals surface area contributed by atoms with Crippen LogP contribution in [0, 0.1) is 12.8 Å². The number of fused-ring (bicyclic) bond motifs is 1. The molecule has 3 heteroatoms. The number of hydrogen-bond donors (Lipinski definition) is 1. The quantitative estimate of drug-likeness (QED) is 0.842. The van der Waals surface area contributed by atoms with Gasteiger partial charge < -0.3 is 10.6 Å². The van der Waals surface area contributed by atoms with Gasteiger partial charge in [-0.25, -0.2) is 0 Å². The molecule has 0 radical (unpaired) electrons. The van der Waals surface area contributed by atoms with E-state index in [0.29, 0.717) is 6.04 Å². The molecule has 1 fully saturated rings. The van der Waals surface area contributed by atoms with Crippen molar-refractivity contribution in [1.82, 2.24) is 4.98 Å². The first-order chi connectivity index (χ1) is 10.1. The van der Waals surface area contributed by atoms with Gasteiger partial charge >= 0.3 is 0 Å². The summed E-state index contributed by atoms with van der Waals surface area (Å²) in [5.74, 6) is 0.749. The summed E-state index contributed by atoms with van der Waals surface area (Å²) < 4.78 is 0. The fourth-order valence-electron chi connectivity index (χ4n) is 3.71. The van der Waals surface area contributed by atoms with Gasteiger partial charge in [-0.15, -0.1) is 0 Å². The van der Waals surface area contributed by atoms with Crippen LogP contribution in [0.1, 0.15) is 38.3 Å². The number of pyridine rings is 1. The van der Waals surface area contributed by atoms with Gasteiger partial charge in [-0.3, -0.25) is 4.98 Å². The van der Waals surface area contributed by atoms with Crippen LogP contribution in [-0.4, -0.2) is 18.1 Å². The van der Waals surface area contributed by atoms with Gasteiger partial charge in [-0.1, -0.05) is 19.8 Å². The lowest BCUT2D eigenvalue weighted by atomic mass is 9.84. The first-order valence-corrected chi connectivity index (χ1v) is 7.95. The van der Waals surface area contributed by atoms with Gasteiger partial charge in [0, 0.05) is 47.1 Å². The van der Waals surface area contributed by atoms with E-state index in [1.54, 1.807) is 0 Å². The first-order valence-electron chi connectivity index (χ1n) is 7.95. The van der Waals surface area contributed by atoms with Crippen molar-refractivity contribution >= 4 is 22.1 Å². The van der Waals surface area contributed by atoms with Crippen molar-refractivity contribution < 1.29 is 0 Å². The molecule has 1 saturated carbocycles. The number of rotatable bonds is 2. The smallest absolute Gasteiger partial charge is 0.0448 e. The van der Waals surface area contributed by atoms with Crippen molar-refractivity contribution in [3.63, 3.8) is 0 Å². The van der Waals surface area contributed by atoms with Gasteiger partial charge in [0.25, 0.3) is 0 Å². The van der Waals surface area contributed by atoms with E-state index in [-0.39, 0.29) is 0 Å². The molecule has 0 amide bonds. The van der Waals surface area contributed by atoms with Crippen molar-refractivity contribution in [2.45, 2.75) is 45.6 Å². The Bertz CT molecular complexity index is 650. The molecule has 0 aliphatic heterocycles. The van der Waals surface area contributed by atoms with Crippen molar-refractivity contribution in [3.8, 4) is 0 Å². The SMILES string of the molecule is Cc1cc2c(N(C)C3CCCCC3C)ccc(N)c2cn1. The van der Waals surface area contributed by atoms with Crippen molar-refractivity contribution in [3.05, 3.63) is 30.1 Å². The summed E-state index contributed by atoms with van der Waals surface area (Å²) in [6, 6.07) is 6.96. The molecule has 112 valence electrons. The summed E-state index contributed by atoms with van der Waals surface area (Å²) in [6.07, 6.45) is 7.24. The molecule has 2 aromatic rings. The molecule has 1 aliphatic carbocycles. The summed E-state index contributed by atoms with van der Waals surface area (Å²) in [6.45, 7) is 4.42. The molecule has 1 aromatic heterocycles. The molecule has 1 aliphatic rings. The van der Waals surface area contributed by atoms with E-state index in [0.717, 1.165) is 22.7 Å². The lowest BCUT2D eigenvalue weighted by Crippen LogP contribution is -2.39. The predicted molar refractivity (Wildman–Crippen MR) is 90.7 cm³/mol. The Morgan fingerprint density at radius 2 is 1.95 bits per heavy atom. The number of anilines is 2. The van der Waals surface area contributed by atoms with Crippen LogP contribution in [0.15, 0.2) is 24.4 Å². The molecule has 1 heterocycles. The van der Waals surface area contributed by atoms with E-state index in [2.05, 4.69) is 36.0 Å². The standard InChI is InChI=1S/C18H25N3/c1-12-6-4-5-7-17(12)21(3)18-9-8-16(19)15-11-20-13(2)10-14(15)18/h8-12,17H,4-7,19H2,1-3H3. The van der Waals surface area contributed by atoms with E-state index in [9.17, 15) is 0 Å². The summed E-state index contributed by atoms with van der Waals surface area (Å²) in [5.41, 5.74) is 9.26. The fourth-order valence-corrected chi connectivity index (χ4v) is 3.71. The lowest BCUT2D eigenvalue weighted by molar-refractivity contribution is 0.322. The Hall–Kier alpha value is -1.77. The zero-order chi connectivity index (χ0) is 15.0. The first kappa shape index (κ1) is 14.2. The predicted octanol–water partition coefficient (Wildman–Crippen LogP) is 4.14. The number of nitrogen functional groups attached to an aromatic ring is 1. The van der Waals surface area contributed by atoms with Crippen molar-refractivity contribution in [2.75, 3.05) is 17.7 Å². The minimum atomic E-state index is 0.624. The molecule has 0 saturated heterocycles. The number of nitrogens with two attached hydrogens (primary N) is 1. The Labute approximate surface area is 127 Å². The molecule has 0 bridgehead atoms. The van der Waals surface area contributed by atoms with Crippen LogP contribution < -0.4 is 10.6 Å². The van der Waals surface area contributed by atoms with Gasteiger partial charge in [-0.2, -0.15) is 0 Å². The highest BCUT2D eigenvalue weighted by molar-refractivity contribution is 6.01.